The fourth-order valence-electron chi connectivity index (χ4n) is 2.89. The Bertz CT molecular complexity index is 1000. The van der Waals surface area contributed by atoms with Crippen LogP contribution < -0.4 is 10.6 Å². The molecule has 3 rings (SSSR count). The minimum Gasteiger partial charge on any atom is -0.341 e. The van der Waals surface area contributed by atoms with Gasteiger partial charge in [-0.25, -0.2) is 8.42 Å². The SMILES string of the molecule is CC(NC(=O)c1cccc(NC(=O)c2cccs2)c1)C(=O)N1CCS(=O)(=O)CC1. The first-order valence-electron chi connectivity index (χ1n) is 9.00. The van der Waals surface area contributed by atoms with Gasteiger partial charge in [-0.05, 0) is 36.6 Å². The second-order valence-corrected chi connectivity index (χ2v) is 9.94. The number of anilines is 1. The first kappa shape index (κ1) is 21.0. The average molecular weight is 436 g/mol. The van der Waals surface area contributed by atoms with Crippen LogP contribution in [0.2, 0.25) is 0 Å². The number of nitrogens with zero attached hydrogens (tertiary/aromatic N) is 1. The number of sulfone groups is 1. The topological polar surface area (TPSA) is 113 Å². The molecule has 1 atom stereocenters. The number of nitrogens with one attached hydrogen (secondary N) is 2. The maximum Gasteiger partial charge on any atom is 0.265 e. The Kier molecular flexibility index (Phi) is 6.33. The molecule has 29 heavy (non-hydrogen) atoms. The zero-order valence-electron chi connectivity index (χ0n) is 15.8. The highest BCUT2D eigenvalue weighted by molar-refractivity contribution is 7.91. The van der Waals surface area contributed by atoms with Gasteiger partial charge in [-0.2, -0.15) is 0 Å². The summed E-state index contributed by atoms with van der Waals surface area (Å²) in [6, 6.07) is 9.11. The van der Waals surface area contributed by atoms with Gasteiger partial charge >= 0.3 is 0 Å². The summed E-state index contributed by atoms with van der Waals surface area (Å²) in [6.45, 7) is 1.82. The summed E-state index contributed by atoms with van der Waals surface area (Å²) in [6.07, 6.45) is 0. The van der Waals surface area contributed by atoms with Crippen LogP contribution in [0.15, 0.2) is 41.8 Å². The third kappa shape index (κ3) is 5.42. The van der Waals surface area contributed by atoms with Crippen molar-refractivity contribution >= 4 is 44.6 Å². The lowest BCUT2D eigenvalue weighted by Gasteiger charge is -2.29. The van der Waals surface area contributed by atoms with Crippen LogP contribution in [0.25, 0.3) is 0 Å². The van der Waals surface area contributed by atoms with Gasteiger partial charge in [0.1, 0.15) is 6.04 Å². The molecular formula is C19H21N3O5S2. The van der Waals surface area contributed by atoms with Gasteiger partial charge in [-0.1, -0.05) is 12.1 Å². The molecule has 1 aromatic heterocycles. The Morgan fingerprint density at radius 1 is 1.07 bits per heavy atom. The van der Waals surface area contributed by atoms with Crippen LogP contribution in [0.4, 0.5) is 5.69 Å². The van der Waals surface area contributed by atoms with E-state index in [0.717, 1.165) is 0 Å². The maximum absolute atomic E-state index is 12.5. The zero-order valence-corrected chi connectivity index (χ0v) is 17.4. The number of hydrogen-bond donors (Lipinski definition) is 2. The van der Waals surface area contributed by atoms with Gasteiger partial charge in [0.15, 0.2) is 9.84 Å². The Hall–Kier alpha value is -2.72. The van der Waals surface area contributed by atoms with Crippen LogP contribution in [0.5, 0.6) is 0 Å². The molecule has 1 aromatic carbocycles. The van der Waals surface area contributed by atoms with E-state index >= 15 is 0 Å². The van der Waals surface area contributed by atoms with Gasteiger partial charge < -0.3 is 15.5 Å². The molecule has 3 amide bonds. The summed E-state index contributed by atoms with van der Waals surface area (Å²) in [5.41, 5.74) is 0.770. The van der Waals surface area contributed by atoms with Gasteiger partial charge in [0.05, 0.1) is 16.4 Å². The predicted molar refractivity (Wildman–Crippen MR) is 111 cm³/mol. The summed E-state index contributed by atoms with van der Waals surface area (Å²) in [4.78, 5) is 39.2. The molecule has 1 aliphatic rings. The first-order valence-corrected chi connectivity index (χ1v) is 11.7. The standard InChI is InChI=1S/C19H21N3O5S2/c1-13(19(25)22-7-10-29(26,27)11-8-22)20-17(23)14-4-2-5-15(12-14)21-18(24)16-6-3-9-28-16/h2-6,9,12-13H,7-8,10-11H2,1H3,(H,20,23)(H,21,24). The van der Waals surface area contributed by atoms with E-state index in [-0.39, 0.29) is 36.4 Å². The highest BCUT2D eigenvalue weighted by atomic mass is 32.2. The van der Waals surface area contributed by atoms with Crippen LogP contribution in [0.1, 0.15) is 27.0 Å². The lowest BCUT2D eigenvalue weighted by atomic mass is 10.1. The van der Waals surface area contributed by atoms with Crippen molar-refractivity contribution in [2.75, 3.05) is 29.9 Å². The highest BCUT2D eigenvalue weighted by Crippen LogP contribution is 2.15. The van der Waals surface area contributed by atoms with E-state index in [0.29, 0.717) is 16.1 Å². The van der Waals surface area contributed by atoms with Crippen molar-refractivity contribution in [3.8, 4) is 0 Å². The second-order valence-electron chi connectivity index (χ2n) is 6.68. The molecule has 0 aliphatic carbocycles. The monoisotopic (exact) mass is 435 g/mol. The Morgan fingerprint density at radius 3 is 2.45 bits per heavy atom. The van der Waals surface area contributed by atoms with Crippen LogP contribution in [-0.4, -0.2) is 61.7 Å². The molecule has 0 radical (unpaired) electrons. The number of rotatable bonds is 5. The number of hydrogen-bond acceptors (Lipinski definition) is 6. The van der Waals surface area contributed by atoms with Crippen LogP contribution in [0, 0.1) is 0 Å². The molecule has 1 unspecified atom stereocenters. The Morgan fingerprint density at radius 2 is 1.79 bits per heavy atom. The quantitative estimate of drug-likeness (QED) is 0.737. The van der Waals surface area contributed by atoms with E-state index in [1.165, 1.54) is 22.3 Å². The number of thiophene rings is 1. The molecule has 0 spiro atoms. The molecule has 2 heterocycles. The van der Waals surface area contributed by atoms with Gasteiger partial charge in [-0.3, -0.25) is 14.4 Å². The second kappa shape index (κ2) is 8.75. The van der Waals surface area contributed by atoms with Gasteiger partial charge in [-0.15, -0.1) is 11.3 Å². The fraction of sp³-hybridized carbons (Fsp3) is 0.316. The number of carbonyl (C=O) groups is 3. The van der Waals surface area contributed by atoms with Crippen molar-refractivity contribution in [2.45, 2.75) is 13.0 Å². The smallest absolute Gasteiger partial charge is 0.265 e. The van der Waals surface area contributed by atoms with E-state index in [1.54, 1.807) is 42.6 Å². The molecule has 2 aromatic rings. The van der Waals surface area contributed by atoms with E-state index in [4.69, 9.17) is 0 Å². The Balaban J connectivity index is 1.60. The average Bonchev–Trinajstić information content (AvgIpc) is 3.22. The van der Waals surface area contributed by atoms with Crippen LogP contribution in [0.3, 0.4) is 0 Å². The van der Waals surface area contributed by atoms with Crippen molar-refractivity contribution in [3.63, 3.8) is 0 Å². The largest absolute Gasteiger partial charge is 0.341 e. The lowest BCUT2D eigenvalue weighted by Crippen LogP contribution is -2.51. The number of benzene rings is 1. The molecule has 0 bridgehead atoms. The van der Waals surface area contributed by atoms with E-state index in [9.17, 15) is 22.8 Å². The van der Waals surface area contributed by atoms with E-state index < -0.39 is 21.8 Å². The van der Waals surface area contributed by atoms with Crippen molar-refractivity contribution in [1.29, 1.82) is 0 Å². The van der Waals surface area contributed by atoms with Crippen molar-refractivity contribution in [1.82, 2.24) is 10.2 Å². The van der Waals surface area contributed by atoms with Crippen LogP contribution >= 0.6 is 11.3 Å². The normalized spacial score (nSPS) is 16.7. The van der Waals surface area contributed by atoms with Gasteiger partial charge in [0.25, 0.3) is 11.8 Å². The van der Waals surface area contributed by atoms with E-state index in [2.05, 4.69) is 10.6 Å². The summed E-state index contributed by atoms with van der Waals surface area (Å²) < 4.78 is 23.0. The molecule has 0 saturated carbocycles. The molecular weight excluding hydrogens is 414 g/mol. The summed E-state index contributed by atoms with van der Waals surface area (Å²) in [5, 5.41) is 7.17. The molecule has 1 aliphatic heterocycles. The molecule has 10 heteroatoms. The van der Waals surface area contributed by atoms with Crippen molar-refractivity contribution < 1.29 is 22.8 Å². The predicted octanol–water partition coefficient (Wildman–Crippen LogP) is 1.38. The number of amides is 3. The molecule has 8 nitrogen and oxygen atoms in total. The summed E-state index contributed by atoms with van der Waals surface area (Å²) >= 11 is 1.31. The fourth-order valence-corrected chi connectivity index (χ4v) is 4.71. The van der Waals surface area contributed by atoms with E-state index in [1.807, 2.05) is 0 Å². The zero-order chi connectivity index (χ0) is 21.0. The number of carbonyl (C=O) groups excluding carboxylic acids is 3. The lowest BCUT2D eigenvalue weighted by molar-refractivity contribution is -0.132. The third-order valence-electron chi connectivity index (χ3n) is 4.50. The minimum absolute atomic E-state index is 0.0641. The van der Waals surface area contributed by atoms with Crippen LogP contribution in [-0.2, 0) is 14.6 Å². The molecule has 1 saturated heterocycles. The first-order chi connectivity index (χ1) is 13.7. The summed E-state index contributed by atoms with van der Waals surface area (Å²) in [5.74, 6) is -1.17. The van der Waals surface area contributed by atoms with Gasteiger partial charge in [0.2, 0.25) is 5.91 Å². The highest BCUT2D eigenvalue weighted by Gasteiger charge is 2.28. The molecule has 2 N–H and O–H groups in total. The minimum atomic E-state index is -3.09. The van der Waals surface area contributed by atoms with Gasteiger partial charge in [0, 0.05) is 24.3 Å². The molecule has 154 valence electrons. The van der Waals surface area contributed by atoms with Crippen molar-refractivity contribution in [2.24, 2.45) is 0 Å². The Labute approximate surface area is 172 Å². The molecule has 1 fully saturated rings. The maximum atomic E-state index is 12.5. The van der Waals surface area contributed by atoms with Crippen molar-refractivity contribution in [3.05, 3.63) is 52.2 Å². The third-order valence-corrected chi connectivity index (χ3v) is 6.98. The summed E-state index contributed by atoms with van der Waals surface area (Å²) in [7, 11) is -3.09.